The van der Waals surface area contributed by atoms with E-state index in [0.29, 0.717) is 5.56 Å². The summed E-state index contributed by atoms with van der Waals surface area (Å²) in [5.74, 6) is -1.73. The lowest BCUT2D eigenvalue weighted by Gasteiger charge is -2.07. The third-order valence-corrected chi connectivity index (χ3v) is 3.10. The molecule has 0 fully saturated rings. The molecule has 0 aliphatic rings. The monoisotopic (exact) mass is 346 g/mol. The maximum absolute atomic E-state index is 13.5. The summed E-state index contributed by atoms with van der Waals surface area (Å²) < 4.78 is 32.7. The van der Waals surface area contributed by atoms with E-state index in [1.807, 2.05) is 24.3 Å². The number of halogens is 3. The minimum atomic E-state index is -0.693. The molecule has 0 atom stereocenters. The number of ether oxygens (including phenoxy) is 1. The highest BCUT2D eigenvalue weighted by Crippen LogP contribution is 2.28. The topological polar surface area (TPSA) is 9.23 Å². The number of benzene rings is 2. The predicted molar refractivity (Wildman–Crippen MR) is 71.1 cm³/mol. The summed E-state index contributed by atoms with van der Waals surface area (Å²) in [6, 6.07) is 9.95. The molecule has 0 heterocycles. The molecule has 0 amide bonds. The van der Waals surface area contributed by atoms with E-state index in [9.17, 15) is 8.78 Å². The smallest absolute Gasteiger partial charge is 0.190 e. The molecule has 0 aromatic heterocycles. The first-order valence-electron chi connectivity index (χ1n) is 4.91. The van der Waals surface area contributed by atoms with Crippen molar-refractivity contribution in [2.24, 2.45) is 0 Å². The van der Waals surface area contributed by atoms with Gasteiger partial charge in [-0.25, -0.2) is 8.78 Å². The summed E-state index contributed by atoms with van der Waals surface area (Å²) in [6.45, 7) is 0. The first-order valence-corrected chi connectivity index (χ1v) is 5.98. The van der Waals surface area contributed by atoms with Gasteiger partial charge in [-0.2, -0.15) is 0 Å². The van der Waals surface area contributed by atoms with Crippen LogP contribution in [-0.2, 0) is 0 Å². The number of rotatable bonds is 2. The number of hydrogen-bond donors (Lipinski definition) is 0. The maximum Gasteiger partial charge on any atom is 0.190 e. The zero-order chi connectivity index (χ0) is 12.4. The summed E-state index contributed by atoms with van der Waals surface area (Å²) in [6.07, 6.45) is 0. The van der Waals surface area contributed by atoms with Crippen LogP contribution in [-0.4, -0.2) is 7.11 Å². The van der Waals surface area contributed by atoms with Crippen LogP contribution in [0.3, 0.4) is 0 Å². The van der Waals surface area contributed by atoms with E-state index >= 15 is 0 Å². The fraction of sp³-hybridized carbons (Fsp3) is 0.0769. The van der Waals surface area contributed by atoms with Crippen molar-refractivity contribution < 1.29 is 13.5 Å². The third-order valence-electron chi connectivity index (χ3n) is 2.38. The molecule has 0 aliphatic heterocycles. The Bertz CT molecular complexity index is 515. The van der Waals surface area contributed by atoms with E-state index in [0.717, 1.165) is 9.13 Å². The van der Waals surface area contributed by atoms with Crippen molar-refractivity contribution in [2.75, 3.05) is 7.11 Å². The minimum absolute atomic E-state index is 0.348. The van der Waals surface area contributed by atoms with Gasteiger partial charge in [-0.1, -0.05) is 12.1 Å². The van der Waals surface area contributed by atoms with E-state index < -0.39 is 11.6 Å². The summed E-state index contributed by atoms with van der Waals surface area (Å²) in [4.78, 5) is 0. The molecule has 0 unspecified atom stereocenters. The highest BCUT2D eigenvalue weighted by atomic mass is 127. The number of hydrogen-bond acceptors (Lipinski definition) is 1. The highest BCUT2D eigenvalue weighted by Gasteiger charge is 2.12. The van der Waals surface area contributed by atoms with Crippen molar-refractivity contribution in [3.63, 3.8) is 0 Å². The van der Waals surface area contributed by atoms with Gasteiger partial charge >= 0.3 is 0 Å². The Morgan fingerprint density at radius 3 is 1.94 bits per heavy atom. The normalized spacial score (nSPS) is 10.4. The summed E-state index contributed by atoms with van der Waals surface area (Å²) in [7, 11) is 1.24. The van der Waals surface area contributed by atoms with Gasteiger partial charge in [0.15, 0.2) is 17.4 Å². The van der Waals surface area contributed by atoms with Gasteiger partial charge in [0.05, 0.1) is 7.11 Å². The SMILES string of the molecule is COc1c(F)cc(-c2ccc(I)cc2)cc1F. The zero-order valence-corrected chi connectivity index (χ0v) is 11.2. The van der Waals surface area contributed by atoms with Crippen molar-refractivity contribution in [3.8, 4) is 16.9 Å². The van der Waals surface area contributed by atoms with Crippen molar-refractivity contribution >= 4 is 22.6 Å². The van der Waals surface area contributed by atoms with Crippen LogP contribution in [0, 0.1) is 15.2 Å². The van der Waals surface area contributed by atoms with Gasteiger partial charge in [0.25, 0.3) is 0 Å². The first-order chi connectivity index (χ1) is 8.11. The lowest BCUT2D eigenvalue weighted by Crippen LogP contribution is -1.93. The molecular formula is C13H9F2IO. The molecule has 2 aromatic carbocycles. The molecule has 2 rings (SSSR count). The molecule has 2 aromatic rings. The van der Waals surface area contributed by atoms with E-state index in [1.165, 1.54) is 19.2 Å². The van der Waals surface area contributed by atoms with Crippen molar-refractivity contribution in [1.82, 2.24) is 0 Å². The Morgan fingerprint density at radius 1 is 0.941 bits per heavy atom. The lowest BCUT2D eigenvalue weighted by molar-refractivity contribution is 0.360. The summed E-state index contributed by atoms with van der Waals surface area (Å²) in [5.41, 5.74) is 1.27. The zero-order valence-electron chi connectivity index (χ0n) is 9.01. The molecule has 0 bridgehead atoms. The van der Waals surface area contributed by atoms with Crippen LogP contribution in [0.15, 0.2) is 36.4 Å². The molecule has 0 saturated heterocycles. The Hall–Kier alpha value is -1.17. The van der Waals surface area contributed by atoms with Crippen LogP contribution in [0.2, 0.25) is 0 Å². The van der Waals surface area contributed by atoms with Crippen LogP contribution in [0.5, 0.6) is 5.75 Å². The molecule has 1 nitrogen and oxygen atoms in total. The van der Waals surface area contributed by atoms with E-state index in [2.05, 4.69) is 27.3 Å². The quantitative estimate of drug-likeness (QED) is 0.739. The minimum Gasteiger partial charge on any atom is -0.491 e. The molecule has 0 aliphatic carbocycles. The van der Waals surface area contributed by atoms with E-state index in [-0.39, 0.29) is 5.75 Å². The van der Waals surface area contributed by atoms with Crippen LogP contribution in [0.1, 0.15) is 0 Å². The molecule has 17 heavy (non-hydrogen) atoms. The summed E-state index contributed by atoms with van der Waals surface area (Å²) >= 11 is 2.17. The molecule has 0 radical (unpaired) electrons. The van der Waals surface area contributed by atoms with Crippen LogP contribution in [0.25, 0.3) is 11.1 Å². The molecule has 88 valence electrons. The van der Waals surface area contributed by atoms with Gasteiger partial charge in [-0.3, -0.25) is 0 Å². The predicted octanol–water partition coefficient (Wildman–Crippen LogP) is 4.25. The molecular weight excluding hydrogens is 337 g/mol. The van der Waals surface area contributed by atoms with Gasteiger partial charge in [0, 0.05) is 3.57 Å². The van der Waals surface area contributed by atoms with E-state index in [4.69, 9.17) is 0 Å². The van der Waals surface area contributed by atoms with Gasteiger partial charge in [-0.15, -0.1) is 0 Å². The summed E-state index contributed by atoms with van der Waals surface area (Å²) in [5, 5.41) is 0. The Labute approximate surface area is 112 Å². The number of methoxy groups -OCH3 is 1. The second kappa shape index (κ2) is 5.00. The highest BCUT2D eigenvalue weighted by molar-refractivity contribution is 14.1. The van der Waals surface area contributed by atoms with Crippen molar-refractivity contribution in [3.05, 3.63) is 51.6 Å². The molecule has 4 heteroatoms. The Morgan fingerprint density at radius 2 is 1.47 bits per heavy atom. The third kappa shape index (κ3) is 2.57. The van der Waals surface area contributed by atoms with Crippen LogP contribution in [0.4, 0.5) is 8.78 Å². The Balaban J connectivity index is 2.50. The van der Waals surface area contributed by atoms with Gasteiger partial charge < -0.3 is 4.74 Å². The second-order valence-electron chi connectivity index (χ2n) is 3.48. The largest absolute Gasteiger partial charge is 0.491 e. The Kier molecular flexibility index (Phi) is 3.61. The molecule has 0 spiro atoms. The molecule has 0 N–H and O–H groups in total. The average Bonchev–Trinajstić information content (AvgIpc) is 2.29. The first kappa shape index (κ1) is 12.3. The lowest BCUT2D eigenvalue weighted by atomic mass is 10.1. The van der Waals surface area contributed by atoms with Gasteiger partial charge in [-0.05, 0) is 58.0 Å². The fourth-order valence-corrected chi connectivity index (χ4v) is 1.92. The van der Waals surface area contributed by atoms with Gasteiger partial charge in [0.2, 0.25) is 0 Å². The second-order valence-corrected chi connectivity index (χ2v) is 4.73. The van der Waals surface area contributed by atoms with Crippen molar-refractivity contribution in [2.45, 2.75) is 0 Å². The van der Waals surface area contributed by atoms with E-state index in [1.54, 1.807) is 0 Å². The van der Waals surface area contributed by atoms with Crippen LogP contribution >= 0.6 is 22.6 Å². The molecule has 0 saturated carbocycles. The fourth-order valence-electron chi connectivity index (χ4n) is 1.56. The van der Waals surface area contributed by atoms with Gasteiger partial charge in [0.1, 0.15) is 0 Å². The van der Waals surface area contributed by atoms with Crippen LogP contribution < -0.4 is 4.74 Å². The van der Waals surface area contributed by atoms with Crippen molar-refractivity contribution in [1.29, 1.82) is 0 Å². The maximum atomic E-state index is 13.5. The standard InChI is InChI=1S/C13H9F2IO/c1-17-13-11(14)6-9(7-12(13)15)8-2-4-10(16)5-3-8/h2-7H,1H3. The average molecular weight is 346 g/mol.